The van der Waals surface area contributed by atoms with Crippen LogP contribution in [-0.4, -0.2) is 137 Å². The molecule has 4 aromatic rings. The lowest BCUT2D eigenvalue weighted by Gasteiger charge is -2.61. The number of benzene rings is 1. The minimum absolute atomic E-state index is 0.0136. The minimum Gasteiger partial charge on any atom is -0.507 e. The number of rotatable bonds is 7. The molecule has 16 heteroatoms. The quantitative estimate of drug-likeness (QED) is 0.180. The van der Waals surface area contributed by atoms with Gasteiger partial charge in [0.2, 0.25) is 11.9 Å². The number of fused-ring (bicyclic) bond motifs is 3. The molecule has 0 bridgehead atoms. The minimum atomic E-state index is -1.15. The van der Waals surface area contributed by atoms with Gasteiger partial charge in [-0.25, -0.2) is 19.6 Å². The number of aliphatic carboxylic acids is 1. The molecule has 3 amide bonds. The Hall–Kier alpha value is -5.35. The first-order chi connectivity index (χ1) is 28.2. The zero-order chi connectivity index (χ0) is 41.4. The van der Waals surface area contributed by atoms with Crippen LogP contribution in [0.1, 0.15) is 88.6 Å². The molecule has 4 atom stereocenters. The molecule has 9 rings (SSSR count). The first kappa shape index (κ1) is 39.1. The van der Waals surface area contributed by atoms with Gasteiger partial charge in [0.1, 0.15) is 17.8 Å². The number of piperidine rings is 1. The van der Waals surface area contributed by atoms with Gasteiger partial charge < -0.3 is 45.2 Å². The topological polar surface area (TPSA) is 204 Å². The number of anilines is 1. The van der Waals surface area contributed by atoms with E-state index in [1.165, 1.54) is 10.5 Å². The summed E-state index contributed by atoms with van der Waals surface area (Å²) in [5.41, 5.74) is 4.94. The molecule has 1 aromatic carbocycles. The summed E-state index contributed by atoms with van der Waals surface area (Å²) in [4.78, 5) is 59.8. The number of nitrogens with zero attached hydrogens (tertiary/aromatic N) is 8. The van der Waals surface area contributed by atoms with Crippen LogP contribution < -0.4 is 10.2 Å². The maximum absolute atomic E-state index is 13.5. The number of carboxylic acids is 1. The Morgan fingerprint density at radius 2 is 1.73 bits per heavy atom. The standard InChI is InChI=1S/C43H54N10O6/c1-24-35-30-16-32(29-7-5-6-8-34(29)55)48-49-37(30)46-31(35)11-14-52(24)40-44-19-26(20-45-40)25-9-12-50(13-10-25)27-17-43(18-27)22-51(23-43)41(59)47-36(42(2,3)4)38(56)53-21-28(54)15-33(53)39(57)58/h5-8,16,19-20,24-25,27-28,33,36,54-55H,9-15,17-18,21-23H2,1-4H3,(H,46,49)(H,47,59)(H,57,58)/t24-,28-,33+,36-/m1/s1. The second-order valence-electron chi connectivity index (χ2n) is 18.7. The Morgan fingerprint density at radius 3 is 2.41 bits per heavy atom. The highest BCUT2D eigenvalue weighted by molar-refractivity contribution is 5.91. The van der Waals surface area contributed by atoms with Crippen molar-refractivity contribution in [3.63, 3.8) is 0 Å². The highest BCUT2D eigenvalue weighted by Gasteiger charge is 2.56. The highest BCUT2D eigenvalue weighted by atomic mass is 16.4. The fourth-order valence-corrected chi connectivity index (χ4v) is 10.4. The van der Waals surface area contributed by atoms with E-state index in [2.05, 4.69) is 37.2 Å². The number of hydrogen-bond acceptors (Lipinski definition) is 11. The molecule has 59 heavy (non-hydrogen) atoms. The number of phenolic OH excluding ortho intramolecular Hbond substituents is 1. The Labute approximate surface area is 343 Å². The molecule has 0 unspecified atom stereocenters. The van der Waals surface area contributed by atoms with Crippen LogP contribution in [0.5, 0.6) is 5.75 Å². The number of carbonyl (C=O) groups is 3. The van der Waals surface area contributed by atoms with E-state index in [9.17, 15) is 29.7 Å². The average Bonchev–Trinajstić information content (AvgIpc) is 3.76. The normalized spacial score (nSPS) is 24.2. The van der Waals surface area contributed by atoms with Crippen molar-refractivity contribution in [1.82, 2.24) is 45.2 Å². The summed E-state index contributed by atoms with van der Waals surface area (Å²) in [6.45, 7) is 11.7. The van der Waals surface area contributed by atoms with Crippen LogP contribution in [0.2, 0.25) is 0 Å². The van der Waals surface area contributed by atoms with Gasteiger partial charge in [0.15, 0.2) is 5.65 Å². The van der Waals surface area contributed by atoms with Gasteiger partial charge in [-0.3, -0.25) is 4.79 Å². The molecule has 3 saturated heterocycles. The van der Waals surface area contributed by atoms with Gasteiger partial charge in [-0.1, -0.05) is 32.9 Å². The van der Waals surface area contributed by atoms with Crippen LogP contribution in [0.25, 0.3) is 22.3 Å². The van der Waals surface area contributed by atoms with Gasteiger partial charge in [-0.15, -0.1) is 10.2 Å². The van der Waals surface area contributed by atoms with Gasteiger partial charge in [0, 0.05) is 85.1 Å². The molecule has 4 aliphatic heterocycles. The third-order valence-electron chi connectivity index (χ3n) is 13.7. The molecule has 1 saturated carbocycles. The summed E-state index contributed by atoms with van der Waals surface area (Å²) >= 11 is 0. The number of aromatic hydroxyl groups is 1. The Balaban J connectivity index is 0.763. The molecule has 3 aromatic heterocycles. The second-order valence-corrected chi connectivity index (χ2v) is 18.7. The number of aromatic amines is 1. The highest BCUT2D eigenvalue weighted by Crippen LogP contribution is 2.51. The maximum atomic E-state index is 13.5. The number of hydrogen-bond donors (Lipinski definition) is 5. The van der Waals surface area contributed by atoms with Gasteiger partial charge >= 0.3 is 12.0 Å². The van der Waals surface area contributed by atoms with Crippen LogP contribution in [-0.2, 0) is 16.0 Å². The van der Waals surface area contributed by atoms with Crippen molar-refractivity contribution < 1.29 is 29.7 Å². The maximum Gasteiger partial charge on any atom is 0.326 e. The van der Waals surface area contributed by atoms with Crippen molar-refractivity contribution in [3.05, 3.63) is 59.5 Å². The lowest BCUT2D eigenvalue weighted by Crippen LogP contribution is -2.70. The number of H-pyrrole nitrogens is 1. The number of nitrogens with one attached hydrogen (secondary N) is 2. The Kier molecular flexibility index (Phi) is 9.77. The molecule has 7 heterocycles. The summed E-state index contributed by atoms with van der Waals surface area (Å²) in [6, 6.07) is 7.36. The van der Waals surface area contributed by atoms with Crippen LogP contribution >= 0.6 is 0 Å². The zero-order valence-electron chi connectivity index (χ0n) is 34.1. The summed E-state index contributed by atoms with van der Waals surface area (Å²) in [6.07, 6.45) is 8.06. The largest absolute Gasteiger partial charge is 0.507 e. The number of carbonyl (C=O) groups excluding carboxylic acids is 2. The number of β-amino-alcohol motifs (C(OH)–C–C–N with tert-alkyl or cyclic N) is 1. The molecule has 16 nitrogen and oxygen atoms in total. The SMILES string of the molecule is C[C@@H]1c2c([nH]c3nnc(-c4ccccc4O)cc23)CCN1c1ncc(C2CCN(C3CC4(C3)CN(C(=O)N[C@H](C(=O)N3C[C@H](O)C[C@H]3C(=O)O)C(C)(C)C)C4)CC2)cn1. The van der Waals surface area contributed by atoms with Gasteiger partial charge in [0.25, 0.3) is 0 Å². The van der Waals surface area contributed by atoms with Crippen molar-refractivity contribution in [2.75, 3.05) is 44.2 Å². The van der Waals surface area contributed by atoms with Crippen LogP contribution in [0, 0.1) is 10.8 Å². The Bertz CT molecular complexity index is 2250. The average molecular weight is 807 g/mol. The van der Waals surface area contributed by atoms with Crippen molar-refractivity contribution in [2.45, 2.75) is 102 Å². The Morgan fingerprint density at radius 1 is 1.02 bits per heavy atom. The number of aliphatic hydroxyl groups excluding tert-OH is 1. The third-order valence-corrected chi connectivity index (χ3v) is 13.7. The number of urea groups is 1. The molecule has 4 fully saturated rings. The van der Waals surface area contributed by atoms with Gasteiger partial charge in [0.05, 0.1) is 17.8 Å². The van der Waals surface area contributed by atoms with Gasteiger partial charge in [-0.2, -0.15) is 0 Å². The molecule has 5 N–H and O–H groups in total. The molecule has 0 radical (unpaired) electrons. The van der Waals surface area contributed by atoms with Crippen molar-refractivity contribution in [1.29, 1.82) is 0 Å². The van der Waals surface area contributed by atoms with Crippen LogP contribution in [0.15, 0.2) is 42.7 Å². The lowest BCUT2D eigenvalue weighted by molar-refractivity contribution is -0.150. The monoisotopic (exact) mass is 806 g/mol. The van der Waals surface area contributed by atoms with E-state index in [-0.39, 0.29) is 36.2 Å². The predicted octanol–water partition coefficient (Wildman–Crippen LogP) is 4.06. The zero-order valence-corrected chi connectivity index (χ0v) is 34.1. The number of carboxylic acid groups (broad SMARTS) is 1. The number of aliphatic hydroxyl groups is 1. The molecule has 312 valence electrons. The number of aromatic nitrogens is 5. The van der Waals surface area contributed by atoms with Crippen molar-refractivity contribution >= 4 is 34.9 Å². The first-order valence-corrected chi connectivity index (χ1v) is 20.9. The van der Waals surface area contributed by atoms with E-state index in [1.54, 1.807) is 17.0 Å². The van der Waals surface area contributed by atoms with E-state index < -0.39 is 35.5 Å². The summed E-state index contributed by atoms with van der Waals surface area (Å²) in [7, 11) is 0. The fourth-order valence-electron chi connectivity index (χ4n) is 10.4. The molecule has 1 aliphatic carbocycles. The summed E-state index contributed by atoms with van der Waals surface area (Å²) in [5.74, 6) is -0.346. The smallest absolute Gasteiger partial charge is 0.326 e. The van der Waals surface area contributed by atoms with Crippen molar-refractivity contribution in [2.24, 2.45) is 10.8 Å². The van der Waals surface area contributed by atoms with E-state index in [1.807, 2.05) is 51.4 Å². The van der Waals surface area contributed by atoms with Crippen LogP contribution in [0.4, 0.5) is 10.7 Å². The van der Waals surface area contributed by atoms with Gasteiger partial charge in [-0.05, 0) is 80.8 Å². The number of likely N-dealkylation sites (tertiary alicyclic amines) is 3. The van der Waals surface area contributed by atoms with E-state index >= 15 is 0 Å². The van der Waals surface area contributed by atoms with Crippen LogP contribution in [0.3, 0.4) is 0 Å². The number of amides is 3. The van der Waals surface area contributed by atoms with E-state index in [0.717, 1.165) is 74.0 Å². The predicted molar refractivity (Wildman–Crippen MR) is 219 cm³/mol. The number of para-hydroxylation sites is 1. The third kappa shape index (κ3) is 7.13. The molecule has 5 aliphatic rings. The van der Waals surface area contributed by atoms with Crippen molar-refractivity contribution in [3.8, 4) is 17.0 Å². The molecular weight excluding hydrogens is 753 g/mol. The second kappa shape index (κ2) is 14.7. The number of phenols is 1. The summed E-state index contributed by atoms with van der Waals surface area (Å²) in [5, 5.41) is 43.0. The van der Waals surface area contributed by atoms with E-state index in [4.69, 9.17) is 9.97 Å². The van der Waals surface area contributed by atoms with E-state index in [0.29, 0.717) is 42.3 Å². The first-order valence-electron chi connectivity index (χ1n) is 20.9. The fraction of sp³-hybridized carbons (Fsp3) is 0.558. The molecule has 1 spiro atoms. The molecular formula is C43H54N10O6. The summed E-state index contributed by atoms with van der Waals surface area (Å²) < 4.78 is 0. The lowest BCUT2D eigenvalue weighted by atomic mass is 9.60.